The lowest BCUT2D eigenvalue weighted by atomic mass is 9.82. The maximum Gasteiger partial charge on any atom is 0.0643 e. The normalized spacial score (nSPS) is 30.2. The molecule has 2 rings (SSSR count). The molecular weight excluding hydrogens is 238 g/mol. The Kier molecular flexibility index (Phi) is 7.18. The number of methoxy groups -OCH3 is 1. The van der Waals surface area contributed by atoms with Crippen LogP contribution in [0.2, 0.25) is 0 Å². The van der Waals surface area contributed by atoms with Crippen molar-refractivity contribution >= 4 is 0 Å². The van der Waals surface area contributed by atoms with Gasteiger partial charge in [-0.1, -0.05) is 25.7 Å². The van der Waals surface area contributed by atoms with Crippen LogP contribution in [-0.4, -0.2) is 39.5 Å². The molecule has 1 saturated carbocycles. The average molecular weight is 269 g/mol. The van der Waals surface area contributed by atoms with Gasteiger partial charge in [-0.3, -0.25) is 0 Å². The van der Waals surface area contributed by atoms with Gasteiger partial charge in [0.05, 0.1) is 12.7 Å². The third-order valence-electron chi connectivity index (χ3n) is 4.75. The zero-order chi connectivity index (χ0) is 13.3. The molecule has 1 heterocycles. The Morgan fingerprint density at radius 2 is 1.84 bits per heavy atom. The highest BCUT2D eigenvalue weighted by Crippen LogP contribution is 2.34. The topological polar surface area (TPSA) is 30.5 Å². The quantitative estimate of drug-likeness (QED) is 0.594. The third-order valence-corrected chi connectivity index (χ3v) is 4.75. The molecule has 1 aliphatic carbocycles. The molecule has 2 fully saturated rings. The van der Waals surface area contributed by atoms with Crippen LogP contribution in [0.3, 0.4) is 0 Å². The highest BCUT2D eigenvalue weighted by Gasteiger charge is 2.32. The Morgan fingerprint density at radius 1 is 1.05 bits per heavy atom. The van der Waals surface area contributed by atoms with Crippen molar-refractivity contribution in [2.45, 2.75) is 57.5 Å². The lowest BCUT2D eigenvalue weighted by Crippen LogP contribution is -2.41. The Balaban J connectivity index is 1.80. The van der Waals surface area contributed by atoms with Crippen LogP contribution in [0.15, 0.2) is 0 Å². The van der Waals surface area contributed by atoms with Crippen molar-refractivity contribution < 1.29 is 9.47 Å². The van der Waals surface area contributed by atoms with Crippen molar-refractivity contribution in [1.29, 1.82) is 0 Å². The summed E-state index contributed by atoms with van der Waals surface area (Å²) in [5.41, 5.74) is 0. The van der Waals surface area contributed by atoms with Gasteiger partial charge in [0.25, 0.3) is 0 Å². The van der Waals surface area contributed by atoms with Crippen LogP contribution in [0, 0.1) is 11.8 Å². The van der Waals surface area contributed by atoms with Gasteiger partial charge in [0, 0.05) is 26.8 Å². The van der Waals surface area contributed by atoms with E-state index in [1.165, 1.54) is 51.4 Å². The van der Waals surface area contributed by atoms with Gasteiger partial charge in [-0.05, 0) is 37.5 Å². The Hall–Kier alpha value is -0.120. The second-order valence-corrected chi connectivity index (χ2v) is 6.19. The second kappa shape index (κ2) is 8.93. The molecule has 0 aromatic rings. The molecule has 1 saturated heterocycles. The van der Waals surface area contributed by atoms with E-state index in [9.17, 15) is 0 Å². The van der Waals surface area contributed by atoms with Crippen molar-refractivity contribution in [3.05, 3.63) is 0 Å². The Morgan fingerprint density at radius 3 is 2.58 bits per heavy atom. The maximum absolute atomic E-state index is 6.17. The van der Waals surface area contributed by atoms with Gasteiger partial charge in [0.1, 0.15) is 0 Å². The fraction of sp³-hybridized carbons (Fsp3) is 1.00. The molecule has 0 spiro atoms. The van der Waals surface area contributed by atoms with Crippen molar-refractivity contribution in [3.8, 4) is 0 Å². The van der Waals surface area contributed by atoms with E-state index < -0.39 is 0 Å². The maximum atomic E-state index is 6.17. The van der Waals surface area contributed by atoms with Crippen LogP contribution in [0.4, 0.5) is 0 Å². The lowest BCUT2D eigenvalue weighted by Gasteiger charge is -2.37. The zero-order valence-electron chi connectivity index (χ0n) is 12.5. The third kappa shape index (κ3) is 5.05. The Labute approximate surface area is 118 Å². The molecule has 2 atom stereocenters. The van der Waals surface area contributed by atoms with E-state index in [0.717, 1.165) is 32.2 Å². The summed E-state index contributed by atoms with van der Waals surface area (Å²) < 4.78 is 11.3. The molecule has 3 nitrogen and oxygen atoms in total. The fourth-order valence-corrected chi connectivity index (χ4v) is 3.71. The number of nitrogens with one attached hydrogen (secondary N) is 1. The average Bonchev–Trinajstić information content (AvgIpc) is 2.73. The molecule has 1 N–H and O–H groups in total. The van der Waals surface area contributed by atoms with Gasteiger partial charge < -0.3 is 14.8 Å². The van der Waals surface area contributed by atoms with Gasteiger partial charge in [-0.25, -0.2) is 0 Å². The van der Waals surface area contributed by atoms with Gasteiger partial charge >= 0.3 is 0 Å². The molecule has 2 unspecified atom stereocenters. The first-order valence-electron chi connectivity index (χ1n) is 8.23. The summed E-state index contributed by atoms with van der Waals surface area (Å²) in [6, 6.07) is 0. The van der Waals surface area contributed by atoms with Gasteiger partial charge in [-0.2, -0.15) is 0 Å². The molecule has 3 heteroatoms. The van der Waals surface area contributed by atoms with E-state index >= 15 is 0 Å². The number of hydrogen-bond donors (Lipinski definition) is 1. The van der Waals surface area contributed by atoms with Crippen molar-refractivity contribution in [2.24, 2.45) is 11.8 Å². The van der Waals surface area contributed by atoms with E-state index in [1.54, 1.807) is 7.11 Å². The van der Waals surface area contributed by atoms with Crippen LogP contribution >= 0.6 is 0 Å². The first-order chi connectivity index (χ1) is 9.42. The molecule has 0 bridgehead atoms. The summed E-state index contributed by atoms with van der Waals surface area (Å²) in [7, 11) is 1.76. The minimum atomic E-state index is 0.516. The first-order valence-corrected chi connectivity index (χ1v) is 8.23. The molecular formula is C16H31NO2. The predicted molar refractivity (Wildman–Crippen MR) is 78.4 cm³/mol. The summed E-state index contributed by atoms with van der Waals surface area (Å²) in [6.45, 7) is 3.85. The van der Waals surface area contributed by atoms with Crippen LogP contribution in [0.25, 0.3) is 0 Å². The predicted octanol–water partition coefficient (Wildman–Crippen LogP) is 2.99. The Bertz CT molecular complexity index is 227. The van der Waals surface area contributed by atoms with E-state index in [1.807, 2.05) is 0 Å². The standard InChI is InChI=1S/C16H31NO2/c1-18-12-10-17-13-15-9-6-11-19-16(15)14-7-4-2-3-5-8-14/h14-17H,2-13H2,1H3. The van der Waals surface area contributed by atoms with E-state index in [2.05, 4.69) is 5.32 Å². The van der Waals surface area contributed by atoms with Crippen LogP contribution in [-0.2, 0) is 9.47 Å². The summed E-state index contributed by atoms with van der Waals surface area (Å²) >= 11 is 0. The van der Waals surface area contributed by atoms with Crippen molar-refractivity contribution in [3.63, 3.8) is 0 Å². The monoisotopic (exact) mass is 269 g/mol. The molecule has 0 amide bonds. The summed E-state index contributed by atoms with van der Waals surface area (Å²) in [5, 5.41) is 3.54. The second-order valence-electron chi connectivity index (χ2n) is 6.19. The largest absolute Gasteiger partial charge is 0.383 e. The van der Waals surface area contributed by atoms with E-state index in [-0.39, 0.29) is 0 Å². The molecule has 2 aliphatic rings. The SMILES string of the molecule is COCCNCC1CCCOC1C1CCCCCC1. The highest BCUT2D eigenvalue weighted by atomic mass is 16.5. The molecule has 0 radical (unpaired) electrons. The molecule has 112 valence electrons. The zero-order valence-corrected chi connectivity index (χ0v) is 12.5. The lowest BCUT2D eigenvalue weighted by molar-refractivity contribution is -0.0634. The summed E-state index contributed by atoms with van der Waals surface area (Å²) in [4.78, 5) is 0. The van der Waals surface area contributed by atoms with Gasteiger partial charge in [0.15, 0.2) is 0 Å². The number of rotatable bonds is 6. The number of ether oxygens (including phenoxy) is 2. The minimum absolute atomic E-state index is 0.516. The van der Waals surface area contributed by atoms with Crippen LogP contribution in [0.5, 0.6) is 0 Å². The molecule has 0 aromatic carbocycles. The highest BCUT2D eigenvalue weighted by molar-refractivity contribution is 4.83. The van der Waals surface area contributed by atoms with Crippen LogP contribution < -0.4 is 5.32 Å². The molecule has 0 aromatic heterocycles. The number of hydrogen-bond acceptors (Lipinski definition) is 3. The smallest absolute Gasteiger partial charge is 0.0643 e. The van der Waals surface area contributed by atoms with E-state index in [4.69, 9.17) is 9.47 Å². The van der Waals surface area contributed by atoms with Crippen molar-refractivity contribution in [1.82, 2.24) is 5.32 Å². The van der Waals surface area contributed by atoms with E-state index in [0.29, 0.717) is 12.0 Å². The molecule has 19 heavy (non-hydrogen) atoms. The van der Waals surface area contributed by atoms with Crippen molar-refractivity contribution in [2.75, 3.05) is 33.4 Å². The molecule has 1 aliphatic heterocycles. The summed E-state index contributed by atoms with van der Waals surface area (Å²) in [5.74, 6) is 1.53. The fourth-order valence-electron chi connectivity index (χ4n) is 3.71. The van der Waals surface area contributed by atoms with Gasteiger partial charge in [-0.15, -0.1) is 0 Å². The van der Waals surface area contributed by atoms with Gasteiger partial charge in [0.2, 0.25) is 0 Å². The minimum Gasteiger partial charge on any atom is -0.383 e. The first kappa shape index (κ1) is 15.3. The van der Waals surface area contributed by atoms with Crippen LogP contribution in [0.1, 0.15) is 51.4 Å². The summed E-state index contributed by atoms with van der Waals surface area (Å²) in [6.07, 6.45) is 11.5.